The number of carbonyl (C=O) groups excluding carboxylic acids is 1. The standard InChI is InChI=1S/C5H8O3.C4H8/c1-4(6)2-3-5(7)8;1-3-4-2/h2-3H2,1H3,(H,7,8);3H,1,4H2,2H3. The smallest absolute Gasteiger partial charge is 0.303 e. The van der Waals surface area contributed by atoms with Gasteiger partial charge in [0.05, 0.1) is 6.42 Å². The third kappa shape index (κ3) is 23.2. The molecule has 0 radical (unpaired) electrons. The highest BCUT2D eigenvalue weighted by atomic mass is 16.4. The molecule has 0 bridgehead atoms. The van der Waals surface area contributed by atoms with Gasteiger partial charge in [-0.3, -0.25) is 4.79 Å². The highest BCUT2D eigenvalue weighted by Crippen LogP contribution is 1.87. The highest BCUT2D eigenvalue weighted by molar-refractivity contribution is 5.80. The fraction of sp³-hybridized carbons (Fsp3) is 0.556. The van der Waals surface area contributed by atoms with Gasteiger partial charge < -0.3 is 9.90 Å². The van der Waals surface area contributed by atoms with Crippen LogP contribution in [0.1, 0.15) is 33.1 Å². The van der Waals surface area contributed by atoms with E-state index in [1.807, 2.05) is 6.08 Å². The van der Waals surface area contributed by atoms with E-state index in [2.05, 4.69) is 13.5 Å². The van der Waals surface area contributed by atoms with Gasteiger partial charge in [-0.25, -0.2) is 0 Å². The lowest BCUT2D eigenvalue weighted by atomic mass is 10.2. The Kier molecular flexibility index (Phi) is 11.1. The molecule has 70 valence electrons. The van der Waals surface area contributed by atoms with Crippen molar-refractivity contribution < 1.29 is 14.7 Å². The second-order valence-corrected chi connectivity index (χ2v) is 2.29. The molecule has 0 aliphatic heterocycles. The SMILES string of the molecule is C=CCC.CC(=O)CCC(=O)O. The number of hydrogen-bond acceptors (Lipinski definition) is 2. The summed E-state index contributed by atoms with van der Waals surface area (Å²) >= 11 is 0. The zero-order valence-electron chi connectivity index (χ0n) is 7.67. The first-order valence-electron chi connectivity index (χ1n) is 3.86. The average Bonchev–Trinajstić information content (AvgIpc) is 2.01. The molecule has 0 aromatic heterocycles. The van der Waals surface area contributed by atoms with Crippen LogP contribution in [0.15, 0.2) is 12.7 Å². The van der Waals surface area contributed by atoms with Crippen LogP contribution < -0.4 is 0 Å². The van der Waals surface area contributed by atoms with Crippen molar-refractivity contribution in [3.8, 4) is 0 Å². The lowest BCUT2D eigenvalue weighted by molar-refractivity contribution is -0.138. The zero-order valence-corrected chi connectivity index (χ0v) is 7.67. The monoisotopic (exact) mass is 172 g/mol. The van der Waals surface area contributed by atoms with E-state index >= 15 is 0 Å². The second-order valence-electron chi connectivity index (χ2n) is 2.29. The van der Waals surface area contributed by atoms with Crippen LogP contribution in [0.5, 0.6) is 0 Å². The Morgan fingerprint density at radius 3 is 1.92 bits per heavy atom. The van der Waals surface area contributed by atoms with E-state index in [-0.39, 0.29) is 18.6 Å². The molecule has 0 heterocycles. The highest BCUT2D eigenvalue weighted by Gasteiger charge is 1.97. The zero-order chi connectivity index (χ0) is 9.98. The summed E-state index contributed by atoms with van der Waals surface area (Å²) < 4.78 is 0. The molecule has 0 saturated carbocycles. The Labute approximate surface area is 73.1 Å². The van der Waals surface area contributed by atoms with Gasteiger partial charge in [0.25, 0.3) is 0 Å². The Morgan fingerprint density at radius 2 is 1.83 bits per heavy atom. The van der Waals surface area contributed by atoms with Gasteiger partial charge in [0.2, 0.25) is 0 Å². The summed E-state index contributed by atoms with van der Waals surface area (Å²) in [5.74, 6) is -0.993. The number of allylic oxidation sites excluding steroid dienone is 1. The second kappa shape index (κ2) is 9.88. The first kappa shape index (κ1) is 13.5. The summed E-state index contributed by atoms with van der Waals surface area (Å²) in [6.07, 6.45) is 3.06. The quantitative estimate of drug-likeness (QED) is 0.660. The molecule has 0 aliphatic carbocycles. The Morgan fingerprint density at radius 1 is 1.42 bits per heavy atom. The van der Waals surface area contributed by atoms with Crippen molar-refractivity contribution in [2.45, 2.75) is 33.1 Å². The number of aliphatic carboxylic acids is 1. The number of Topliss-reactive ketones (excluding diaryl/α,β-unsaturated/α-hetero) is 1. The number of ketones is 1. The minimum atomic E-state index is -0.916. The molecule has 0 aromatic rings. The number of carboxylic acid groups (broad SMARTS) is 1. The predicted octanol–water partition coefficient (Wildman–Crippen LogP) is 2.02. The fourth-order valence-electron chi connectivity index (χ4n) is 0.283. The Hall–Kier alpha value is -1.12. The molecule has 0 spiro atoms. The van der Waals surface area contributed by atoms with E-state index in [1.165, 1.54) is 6.92 Å². The van der Waals surface area contributed by atoms with Crippen LogP contribution in [0.25, 0.3) is 0 Å². The third-order valence-electron chi connectivity index (χ3n) is 0.980. The summed E-state index contributed by atoms with van der Waals surface area (Å²) in [5.41, 5.74) is 0. The maximum absolute atomic E-state index is 10.1. The van der Waals surface area contributed by atoms with Gasteiger partial charge in [-0.1, -0.05) is 13.0 Å². The van der Waals surface area contributed by atoms with Crippen molar-refractivity contribution >= 4 is 11.8 Å². The summed E-state index contributed by atoms with van der Waals surface area (Å²) in [7, 11) is 0. The van der Waals surface area contributed by atoms with Crippen LogP contribution in [0, 0.1) is 0 Å². The molecular formula is C9H16O3. The lowest BCUT2D eigenvalue weighted by Crippen LogP contribution is -1.98. The van der Waals surface area contributed by atoms with Crippen molar-refractivity contribution in [1.29, 1.82) is 0 Å². The Bertz CT molecular complexity index is 136. The number of carboxylic acids is 1. The summed E-state index contributed by atoms with van der Waals surface area (Å²) in [6.45, 7) is 6.92. The molecular weight excluding hydrogens is 156 g/mol. The van der Waals surface area contributed by atoms with Crippen LogP contribution in [0.4, 0.5) is 0 Å². The van der Waals surface area contributed by atoms with Crippen molar-refractivity contribution in [2.24, 2.45) is 0 Å². The molecule has 3 heteroatoms. The molecule has 0 amide bonds. The van der Waals surface area contributed by atoms with Gasteiger partial charge in [0.1, 0.15) is 5.78 Å². The molecule has 0 saturated heterocycles. The van der Waals surface area contributed by atoms with Crippen molar-refractivity contribution in [1.82, 2.24) is 0 Å². The minimum Gasteiger partial charge on any atom is -0.481 e. The fourth-order valence-corrected chi connectivity index (χ4v) is 0.283. The first-order chi connectivity index (χ1) is 5.54. The van der Waals surface area contributed by atoms with Gasteiger partial charge >= 0.3 is 5.97 Å². The Balaban J connectivity index is 0. The number of hydrogen-bond donors (Lipinski definition) is 1. The minimum absolute atomic E-state index is 0.0463. The lowest BCUT2D eigenvalue weighted by Gasteiger charge is -1.86. The molecule has 3 nitrogen and oxygen atoms in total. The maximum atomic E-state index is 10.1. The van der Waals surface area contributed by atoms with Crippen LogP contribution in [-0.4, -0.2) is 16.9 Å². The van der Waals surface area contributed by atoms with E-state index < -0.39 is 5.97 Å². The van der Waals surface area contributed by atoms with Gasteiger partial charge in [-0.05, 0) is 13.3 Å². The van der Waals surface area contributed by atoms with Crippen molar-refractivity contribution in [2.75, 3.05) is 0 Å². The molecule has 0 fully saturated rings. The number of rotatable bonds is 4. The van der Waals surface area contributed by atoms with E-state index in [0.29, 0.717) is 0 Å². The van der Waals surface area contributed by atoms with Crippen molar-refractivity contribution in [3.63, 3.8) is 0 Å². The topological polar surface area (TPSA) is 54.4 Å². The molecule has 0 aliphatic rings. The largest absolute Gasteiger partial charge is 0.481 e. The molecule has 1 N–H and O–H groups in total. The van der Waals surface area contributed by atoms with Gasteiger partial charge in [0.15, 0.2) is 0 Å². The third-order valence-corrected chi connectivity index (χ3v) is 0.980. The number of carbonyl (C=O) groups is 2. The molecule has 0 aromatic carbocycles. The summed E-state index contributed by atoms with van der Waals surface area (Å²) in [4.78, 5) is 19.8. The molecule has 0 unspecified atom stereocenters. The van der Waals surface area contributed by atoms with E-state index in [1.54, 1.807) is 0 Å². The normalized spacial score (nSPS) is 7.83. The van der Waals surface area contributed by atoms with Crippen LogP contribution in [0.2, 0.25) is 0 Å². The molecule has 0 atom stereocenters. The van der Waals surface area contributed by atoms with Gasteiger partial charge in [-0.15, -0.1) is 6.58 Å². The molecule has 0 rings (SSSR count). The van der Waals surface area contributed by atoms with Gasteiger partial charge in [-0.2, -0.15) is 0 Å². The predicted molar refractivity (Wildman–Crippen MR) is 48.0 cm³/mol. The molecule has 12 heavy (non-hydrogen) atoms. The summed E-state index contributed by atoms with van der Waals surface area (Å²) in [5, 5.41) is 8.01. The van der Waals surface area contributed by atoms with E-state index in [0.717, 1.165) is 6.42 Å². The average molecular weight is 172 g/mol. The van der Waals surface area contributed by atoms with Crippen LogP contribution in [-0.2, 0) is 9.59 Å². The summed E-state index contributed by atoms with van der Waals surface area (Å²) in [6, 6.07) is 0. The van der Waals surface area contributed by atoms with Crippen molar-refractivity contribution in [3.05, 3.63) is 12.7 Å². The van der Waals surface area contributed by atoms with E-state index in [9.17, 15) is 9.59 Å². The maximum Gasteiger partial charge on any atom is 0.303 e. The van der Waals surface area contributed by atoms with E-state index in [4.69, 9.17) is 5.11 Å². The van der Waals surface area contributed by atoms with Gasteiger partial charge in [0, 0.05) is 6.42 Å². The van der Waals surface area contributed by atoms with Crippen LogP contribution in [0.3, 0.4) is 0 Å². The first-order valence-corrected chi connectivity index (χ1v) is 3.86. The van der Waals surface area contributed by atoms with Crippen LogP contribution >= 0.6 is 0 Å².